The summed E-state index contributed by atoms with van der Waals surface area (Å²) in [5.74, 6) is 0.581. The summed E-state index contributed by atoms with van der Waals surface area (Å²) >= 11 is 0. The second-order valence-corrected chi connectivity index (χ2v) is 3.35. The summed E-state index contributed by atoms with van der Waals surface area (Å²) in [5, 5.41) is 0. The Morgan fingerprint density at radius 2 is 2.09 bits per heavy atom. The molecule has 0 heterocycles. The number of hydrogen-bond donors (Lipinski definition) is 0. The molecule has 11 heavy (non-hydrogen) atoms. The maximum Gasteiger partial charge on any atom is 0.209 e. The van der Waals surface area contributed by atoms with Gasteiger partial charge >= 0.3 is 0 Å². The van der Waals surface area contributed by atoms with E-state index in [1.165, 1.54) is 0 Å². The Kier molecular flexibility index (Phi) is 5.90. The molecule has 0 saturated heterocycles. The molecule has 2 nitrogen and oxygen atoms in total. The highest BCUT2D eigenvalue weighted by atomic mass is 16.1. The molecule has 0 atom stereocenters. The van der Waals surface area contributed by atoms with E-state index in [9.17, 15) is 4.79 Å². The number of unbranched alkanes of at least 4 members (excludes halogenated alkanes) is 1. The molecule has 0 radical (unpaired) electrons. The molecular weight excluding hydrogens is 138 g/mol. The van der Waals surface area contributed by atoms with E-state index in [4.69, 9.17) is 0 Å². The second-order valence-electron chi connectivity index (χ2n) is 3.35. The number of amides is 1. The number of nitrogens with zero attached hydrogens (tertiary/aromatic N) is 1. The van der Waals surface area contributed by atoms with Gasteiger partial charge in [-0.1, -0.05) is 27.2 Å². The molecule has 0 aromatic carbocycles. The van der Waals surface area contributed by atoms with Crippen molar-refractivity contribution in [1.29, 1.82) is 0 Å². The Hall–Kier alpha value is -0.530. The molecular formula is C9H19NO. The number of rotatable bonds is 6. The molecule has 0 aliphatic carbocycles. The Labute approximate surface area is 69.6 Å². The van der Waals surface area contributed by atoms with E-state index in [-0.39, 0.29) is 0 Å². The first kappa shape index (κ1) is 10.5. The standard InChI is InChI=1S/C9H19NO/c1-4-5-6-10(8-11)7-9(2)3/h8-9H,4-7H2,1-3H3. The smallest absolute Gasteiger partial charge is 0.209 e. The molecule has 0 aliphatic rings. The topological polar surface area (TPSA) is 20.3 Å². The maximum atomic E-state index is 10.5. The molecule has 0 saturated carbocycles. The molecule has 0 aromatic heterocycles. The molecule has 2 heteroatoms. The van der Waals surface area contributed by atoms with Crippen molar-refractivity contribution in [3.05, 3.63) is 0 Å². The van der Waals surface area contributed by atoms with Crippen molar-refractivity contribution in [3.8, 4) is 0 Å². The number of carbonyl (C=O) groups is 1. The highest BCUT2D eigenvalue weighted by molar-refractivity contribution is 5.46. The van der Waals surface area contributed by atoms with Crippen LogP contribution in [0.5, 0.6) is 0 Å². The first-order chi connectivity index (χ1) is 5.20. The lowest BCUT2D eigenvalue weighted by atomic mass is 10.2. The third-order valence-corrected chi connectivity index (χ3v) is 1.55. The lowest BCUT2D eigenvalue weighted by molar-refractivity contribution is -0.118. The van der Waals surface area contributed by atoms with Gasteiger partial charge in [-0.15, -0.1) is 0 Å². The van der Waals surface area contributed by atoms with E-state index in [1.54, 1.807) is 0 Å². The zero-order valence-corrected chi connectivity index (χ0v) is 7.84. The quantitative estimate of drug-likeness (QED) is 0.539. The zero-order chi connectivity index (χ0) is 8.69. The normalized spacial score (nSPS) is 10.2. The molecule has 0 fully saturated rings. The summed E-state index contributed by atoms with van der Waals surface area (Å²) in [5.41, 5.74) is 0. The minimum absolute atomic E-state index is 0.581. The summed E-state index contributed by atoms with van der Waals surface area (Å²) in [6.07, 6.45) is 3.23. The minimum atomic E-state index is 0.581. The predicted octanol–water partition coefficient (Wildman–Crippen LogP) is 1.90. The van der Waals surface area contributed by atoms with Gasteiger partial charge in [0.25, 0.3) is 0 Å². The maximum absolute atomic E-state index is 10.5. The van der Waals surface area contributed by atoms with E-state index in [0.717, 1.165) is 32.3 Å². The van der Waals surface area contributed by atoms with Gasteiger partial charge in [-0.05, 0) is 12.3 Å². The second kappa shape index (κ2) is 6.20. The van der Waals surface area contributed by atoms with Crippen LogP contribution >= 0.6 is 0 Å². The summed E-state index contributed by atoms with van der Waals surface area (Å²) in [6.45, 7) is 8.20. The Morgan fingerprint density at radius 1 is 1.45 bits per heavy atom. The molecule has 0 unspecified atom stereocenters. The van der Waals surface area contributed by atoms with Crippen LogP contribution in [0.2, 0.25) is 0 Å². The van der Waals surface area contributed by atoms with Gasteiger partial charge in [-0.25, -0.2) is 0 Å². The summed E-state index contributed by atoms with van der Waals surface area (Å²) < 4.78 is 0. The number of carbonyl (C=O) groups excluding carboxylic acids is 1. The van der Waals surface area contributed by atoms with Gasteiger partial charge in [0.2, 0.25) is 6.41 Å². The molecule has 0 N–H and O–H groups in total. The van der Waals surface area contributed by atoms with Crippen molar-refractivity contribution in [2.75, 3.05) is 13.1 Å². The summed E-state index contributed by atoms with van der Waals surface area (Å²) in [4.78, 5) is 12.3. The molecule has 0 aliphatic heterocycles. The van der Waals surface area contributed by atoms with Gasteiger partial charge in [0.1, 0.15) is 0 Å². The van der Waals surface area contributed by atoms with E-state index < -0.39 is 0 Å². The Bertz CT molecular complexity index is 102. The molecule has 0 rings (SSSR count). The lowest BCUT2D eigenvalue weighted by Crippen LogP contribution is -2.27. The van der Waals surface area contributed by atoms with Crippen molar-refractivity contribution < 1.29 is 4.79 Å². The Balaban J connectivity index is 3.49. The van der Waals surface area contributed by atoms with Crippen molar-refractivity contribution in [3.63, 3.8) is 0 Å². The predicted molar refractivity (Wildman–Crippen MR) is 47.4 cm³/mol. The molecule has 0 spiro atoms. The SMILES string of the molecule is CCCCN(C=O)CC(C)C. The van der Waals surface area contributed by atoms with E-state index >= 15 is 0 Å². The first-order valence-electron chi connectivity index (χ1n) is 4.40. The van der Waals surface area contributed by atoms with Crippen LogP contribution in [-0.4, -0.2) is 24.4 Å². The van der Waals surface area contributed by atoms with Crippen LogP contribution in [0.25, 0.3) is 0 Å². The van der Waals surface area contributed by atoms with Gasteiger partial charge in [0, 0.05) is 13.1 Å². The van der Waals surface area contributed by atoms with Crippen LogP contribution in [0.4, 0.5) is 0 Å². The van der Waals surface area contributed by atoms with Gasteiger partial charge in [-0.3, -0.25) is 4.79 Å². The van der Waals surface area contributed by atoms with Crippen LogP contribution in [0.3, 0.4) is 0 Å². The van der Waals surface area contributed by atoms with Crippen molar-refractivity contribution in [2.45, 2.75) is 33.6 Å². The Morgan fingerprint density at radius 3 is 2.45 bits per heavy atom. The van der Waals surface area contributed by atoms with Crippen LogP contribution < -0.4 is 0 Å². The summed E-state index contributed by atoms with van der Waals surface area (Å²) in [7, 11) is 0. The van der Waals surface area contributed by atoms with Gasteiger partial charge < -0.3 is 4.90 Å². The molecule has 1 amide bonds. The van der Waals surface area contributed by atoms with E-state index in [1.807, 2.05) is 4.90 Å². The van der Waals surface area contributed by atoms with Crippen LogP contribution in [0.15, 0.2) is 0 Å². The fourth-order valence-electron chi connectivity index (χ4n) is 1.02. The van der Waals surface area contributed by atoms with Crippen molar-refractivity contribution >= 4 is 6.41 Å². The average Bonchev–Trinajstić information content (AvgIpc) is 1.97. The fraction of sp³-hybridized carbons (Fsp3) is 0.889. The van der Waals surface area contributed by atoms with Crippen molar-refractivity contribution in [2.24, 2.45) is 5.92 Å². The molecule has 0 bridgehead atoms. The van der Waals surface area contributed by atoms with Crippen LogP contribution in [-0.2, 0) is 4.79 Å². The average molecular weight is 157 g/mol. The minimum Gasteiger partial charge on any atom is -0.345 e. The largest absolute Gasteiger partial charge is 0.345 e. The highest BCUT2D eigenvalue weighted by Crippen LogP contribution is 1.98. The molecule has 0 aromatic rings. The third kappa shape index (κ3) is 5.89. The van der Waals surface area contributed by atoms with Gasteiger partial charge in [0.05, 0.1) is 0 Å². The van der Waals surface area contributed by atoms with E-state index in [0.29, 0.717) is 5.92 Å². The zero-order valence-electron chi connectivity index (χ0n) is 7.84. The monoisotopic (exact) mass is 157 g/mol. The highest BCUT2D eigenvalue weighted by Gasteiger charge is 2.02. The van der Waals surface area contributed by atoms with Crippen LogP contribution in [0, 0.1) is 5.92 Å². The van der Waals surface area contributed by atoms with Crippen LogP contribution in [0.1, 0.15) is 33.6 Å². The third-order valence-electron chi connectivity index (χ3n) is 1.55. The fourth-order valence-corrected chi connectivity index (χ4v) is 1.02. The van der Waals surface area contributed by atoms with Gasteiger partial charge in [-0.2, -0.15) is 0 Å². The number of hydrogen-bond acceptors (Lipinski definition) is 1. The van der Waals surface area contributed by atoms with Crippen molar-refractivity contribution in [1.82, 2.24) is 4.90 Å². The van der Waals surface area contributed by atoms with Gasteiger partial charge in [0.15, 0.2) is 0 Å². The lowest BCUT2D eigenvalue weighted by Gasteiger charge is -2.18. The first-order valence-corrected chi connectivity index (χ1v) is 4.40. The van der Waals surface area contributed by atoms with E-state index in [2.05, 4.69) is 20.8 Å². The summed E-state index contributed by atoms with van der Waals surface area (Å²) in [6, 6.07) is 0. The molecule has 66 valence electrons.